The van der Waals surface area contributed by atoms with Crippen LogP contribution in [0.3, 0.4) is 0 Å². The molecule has 1 heterocycles. The van der Waals surface area contributed by atoms with Gasteiger partial charge in [0.2, 0.25) is 5.91 Å². The van der Waals surface area contributed by atoms with Crippen LogP contribution in [0.1, 0.15) is 33.1 Å². The summed E-state index contributed by atoms with van der Waals surface area (Å²) >= 11 is 0. The minimum absolute atomic E-state index is 0.0685. The molecule has 4 heteroatoms. The van der Waals surface area contributed by atoms with Gasteiger partial charge in [-0.1, -0.05) is 6.92 Å². The molecule has 0 spiro atoms. The first-order valence-corrected chi connectivity index (χ1v) is 5.86. The average molecular weight is 214 g/mol. The van der Waals surface area contributed by atoms with Gasteiger partial charge in [-0.2, -0.15) is 0 Å². The zero-order valence-corrected chi connectivity index (χ0v) is 9.71. The smallest absolute Gasteiger partial charge is 0.236 e. The van der Waals surface area contributed by atoms with Gasteiger partial charge in [0.05, 0.1) is 12.1 Å². The summed E-state index contributed by atoms with van der Waals surface area (Å²) in [4.78, 5) is 11.6. The fourth-order valence-corrected chi connectivity index (χ4v) is 1.63. The van der Waals surface area contributed by atoms with Crippen molar-refractivity contribution >= 4 is 5.91 Å². The Labute approximate surface area is 91.8 Å². The molecule has 0 aromatic heterocycles. The van der Waals surface area contributed by atoms with Gasteiger partial charge in [-0.25, -0.2) is 0 Å². The van der Waals surface area contributed by atoms with Gasteiger partial charge >= 0.3 is 0 Å². The monoisotopic (exact) mass is 214 g/mol. The molecular weight excluding hydrogens is 192 g/mol. The third-order valence-electron chi connectivity index (χ3n) is 2.62. The first-order chi connectivity index (χ1) is 7.24. The van der Waals surface area contributed by atoms with Crippen LogP contribution < -0.4 is 10.6 Å². The maximum absolute atomic E-state index is 11.6. The highest BCUT2D eigenvalue weighted by molar-refractivity contribution is 5.81. The van der Waals surface area contributed by atoms with E-state index in [-0.39, 0.29) is 18.1 Å². The van der Waals surface area contributed by atoms with Gasteiger partial charge in [-0.15, -0.1) is 0 Å². The van der Waals surface area contributed by atoms with Crippen LogP contribution in [0.4, 0.5) is 0 Å². The number of ether oxygens (including phenoxy) is 1. The molecular formula is C11H22N2O2. The second-order valence-corrected chi connectivity index (χ2v) is 4.06. The van der Waals surface area contributed by atoms with Gasteiger partial charge in [-0.05, 0) is 32.7 Å². The molecule has 0 saturated carbocycles. The van der Waals surface area contributed by atoms with E-state index in [0.717, 1.165) is 32.4 Å². The van der Waals surface area contributed by atoms with Gasteiger partial charge in [0.25, 0.3) is 0 Å². The minimum atomic E-state index is -0.105. The summed E-state index contributed by atoms with van der Waals surface area (Å²) in [7, 11) is 0. The minimum Gasteiger partial charge on any atom is -0.376 e. The van der Waals surface area contributed by atoms with Crippen LogP contribution in [-0.2, 0) is 9.53 Å². The Morgan fingerprint density at radius 1 is 1.60 bits per heavy atom. The lowest BCUT2D eigenvalue weighted by Crippen LogP contribution is -2.44. The lowest BCUT2D eigenvalue weighted by molar-refractivity contribution is -0.123. The second-order valence-electron chi connectivity index (χ2n) is 4.06. The zero-order chi connectivity index (χ0) is 11.1. The molecule has 1 rings (SSSR count). The van der Waals surface area contributed by atoms with Crippen molar-refractivity contribution in [3.63, 3.8) is 0 Å². The van der Waals surface area contributed by atoms with E-state index in [9.17, 15) is 4.79 Å². The van der Waals surface area contributed by atoms with Crippen LogP contribution in [-0.4, -0.2) is 37.7 Å². The number of carbonyl (C=O) groups is 1. The third kappa shape index (κ3) is 4.62. The summed E-state index contributed by atoms with van der Waals surface area (Å²) in [5, 5.41) is 6.06. The summed E-state index contributed by atoms with van der Waals surface area (Å²) in [6, 6.07) is -0.105. The van der Waals surface area contributed by atoms with Crippen molar-refractivity contribution in [1.82, 2.24) is 10.6 Å². The largest absolute Gasteiger partial charge is 0.376 e. The van der Waals surface area contributed by atoms with Crippen molar-refractivity contribution in [2.24, 2.45) is 0 Å². The number of amides is 1. The van der Waals surface area contributed by atoms with Crippen LogP contribution in [0.15, 0.2) is 0 Å². The number of hydrogen-bond acceptors (Lipinski definition) is 3. The second kappa shape index (κ2) is 6.80. The fourth-order valence-electron chi connectivity index (χ4n) is 1.63. The molecule has 1 aliphatic heterocycles. The Hall–Kier alpha value is -0.610. The van der Waals surface area contributed by atoms with Crippen molar-refractivity contribution in [1.29, 1.82) is 0 Å². The Bertz CT molecular complexity index is 191. The first kappa shape index (κ1) is 12.5. The van der Waals surface area contributed by atoms with E-state index < -0.39 is 0 Å². The SMILES string of the molecule is CCCNC(C)C(=O)NCC1CCCO1. The molecule has 15 heavy (non-hydrogen) atoms. The van der Waals surface area contributed by atoms with Gasteiger partial charge in [0.1, 0.15) is 0 Å². The van der Waals surface area contributed by atoms with E-state index in [1.165, 1.54) is 0 Å². The highest BCUT2D eigenvalue weighted by Crippen LogP contribution is 2.10. The van der Waals surface area contributed by atoms with Crippen molar-refractivity contribution in [3.8, 4) is 0 Å². The van der Waals surface area contributed by atoms with Gasteiger partial charge in [0.15, 0.2) is 0 Å². The van der Waals surface area contributed by atoms with Crippen LogP contribution in [0.5, 0.6) is 0 Å². The molecule has 0 aromatic rings. The van der Waals surface area contributed by atoms with E-state index in [0.29, 0.717) is 6.54 Å². The van der Waals surface area contributed by atoms with Gasteiger partial charge in [-0.3, -0.25) is 4.79 Å². The van der Waals surface area contributed by atoms with Crippen molar-refractivity contribution in [3.05, 3.63) is 0 Å². The molecule has 2 unspecified atom stereocenters. The number of hydrogen-bond donors (Lipinski definition) is 2. The molecule has 0 aromatic carbocycles. The Morgan fingerprint density at radius 3 is 3.00 bits per heavy atom. The van der Waals surface area contributed by atoms with Gasteiger partial charge < -0.3 is 15.4 Å². The molecule has 0 aliphatic carbocycles. The molecule has 1 aliphatic rings. The number of rotatable bonds is 6. The lowest BCUT2D eigenvalue weighted by atomic mass is 10.2. The van der Waals surface area contributed by atoms with Crippen molar-refractivity contribution in [2.75, 3.05) is 19.7 Å². The van der Waals surface area contributed by atoms with Gasteiger partial charge in [0, 0.05) is 13.2 Å². The summed E-state index contributed by atoms with van der Waals surface area (Å²) in [6.07, 6.45) is 3.46. The molecule has 1 fully saturated rings. The highest BCUT2D eigenvalue weighted by atomic mass is 16.5. The van der Waals surface area contributed by atoms with Crippen molar-refractivity contribution in [2.45, 2.75) is 45.3 Å². The van der Waals surface area contributed by atoms with Crippen LogP contribution in [0.25, 0.3) is 0 Å². The topological polar surface area (TPSA) is 50.4 Å². The summed E-state index contributed by atoms with van der Waals surface area (Å²) < 4.78 is 5.43. The maximum Gasteiger partial charge on any atom is 0.236 e. The Balaban J connectivity index is 2.11. The Kier molecular flexibility index (Phi) is 5.65. The number of nitrogens with one attached hydrogen (secondary N) is 2. The molecule has 0 radical (unpaired) electrons. The molecule has 0 bridgehead atoms. The molecule has 2 atom stereocenters. The van der Waals surface area contributed by atoms with E-state index in [1.54, 1.807) is 0 Å². The predicted molar refractivity (Wildman–Crippen MR) is 59.7 cm³/mol. The Morgan fingerprint density at radius 2 is 2.40 bits per heavy atom. The summed E-state index contributed by atoms with van der Waals surface area (Å²) in [6.45, 7) is 6.35. The van der Waals surface area contributed by atoms with Crippen LogP contribution in [0.2, 0.25) is 0 Å². The molecule has 2 N–H and O–H groups in total. The van der Waals surface area contributed by atoms with E-state index in [2.05, 4.69) is 17.6 Å². The first-order valence-electron chi connectivity index (χ1n) is 5.86. The standard InChI is InChI=1S/C11H22N2O2/c1-3-6-12-9(2)11(14)13-8-10-5-4-7-15-10/h9-10,12H,3-8H2,1-2H3,(H,13,14). The molecule has 1 saturated heterocycles. The molecule has 88 valence electrons. The predicted octanol–water partition coefficient (Wildman–Crippen LogP) is 0.670. The van der Waals surface area contributed by atoms with Crippen LogP contribution >= 0.6 is 0 Å². The molecule has 4 nitrogen and oxygen atoms in total. The highest BCUT2D eigenvalue weighted by Gasteiger charge is 2.17. The molecule has 1 amide bonds. The fraction of sp³-hybridized carbons (Fsp3) is 0.909. The average Bonchev–Trinajstić information content (AvgIpc) is 2.75. The lowest BCUT2D eigenvalue weighted by Gasteiger charge is -2.15. The van der Waals surface area contributed by atoms with Crippen LogP contribution in [0, 0.1) is 0 Å². The van der Waals surface area contributed by atoms with E-state index in [1.807, 2.05) is 6.92 Å². The third-order valence-corrected chi connectivity index (χ3v) is 2.62. The number of carbonyl (C=O) groups excluding carboxylic acids is 1. The normalized spacial score (nSPS) is 22.7. The maximum atomic E-state index is 11.6. The van der Waals surface area contributed by atoms with Crippen molar-refractivity contribution < 1.29 is 9.53 Å². The van der Waals surface area contributed by atoms with E-state index >= 15 is 0 Å². The van der Waals surface area contributed by atoms with E-state index in [4.69, 9.17) is 4.74 Å². The summed E-state index contributed by atoms with van der Waals surface area (Å²) in [5.41, 5.74) is 0. The zero-order valence-electron chi connectivity index (χ0n) is 9.71. The summed E-state index contributed by atoms with van der Waals surface area (Å²) in [5.74, 6) is 0.0685. The quantitative estimate of drug-likeness (QED) is 0.683.